The number of hydrogen-bond acceptors (Lipinski definition) is 18. The summed E-state index contributed by atoms with van der Waals surface area (Å²) in [6, 6.07) is 28.8. The summed E-state index contributed by atoms with van der Waals surface area (Å²) in [5, 5.41) is 43.6. The number of aromatic amines is 1. The van der Waals surface area contributed by atoms with Gasteiger partial charge in [-0.3, -0.25) is 71.9 Å². The van der Waals surface area contributed by atoms with E-state index in [0.717, 1.165) is 16.7 Å². The van der Waals surface area contributed by atoms with Crippen molar-refractivity contribution >= 4 is 111 Å². The van der Waals surface area contributed by atoms with E-state index in [1.165, 1.54) is 101 Å². The zero-order chi connectivity index (χ0) is 94.0. The third kappa shape index (κ3) is 27.2. The van der Waals surface area contributed by atoms with Crippen LogP contribution in [0, 0.1) is 11.8 Å². The number of amides is 15. The van der Waals surface area contributed by atoms with Crippen LogP contribution in [0.3, 0.4) is 0 Å². The number of rotatable bonds is 21. The maximum Gasteiger partial charge on any atom is 0.246 e. The average molecular weight is 1800 g/mol. The van der Waals surface area contributed by atoms with Gasteiger partial charge in [-0.1, -0.05) is 181 Å². The molecule has 6 aromatic carbocycles. The minimum Gasteiger partial charge on any atom is -0.508 e. The summed E-state index contributed by atoms with van der Waals surface area (Å²) in [6.07, 6.45) is 2.96. The molecule has 34 heteroatoms. The third-order valence-corrected chi connectivity index (χ3v) is 25.0. The average Bonchev–Trinajstić information content (AvgIpc) is 1.61. The van der Waals surface area contributed by atoms with E-state index < -0.39 is 186 Å². The Morgan fingerprint density at radius 2 is 0.946 bits per heavy atom. The summed E-state index contributed by atoms with van der Waals surface area (Å²) >= 11 is 0.862. The number of carbonyl (C=O) groups is 15. The zero-order valence-electron chi connectivity index (χ0n) is 75.1. The second-order valence-electron chi connectivity index (χ2n) is 34.5. The molecule has 0 radical (unpaired) electrons. The van der Waals surface area contributed by atoms with Gasteiger partial charge in [0.1, 0.15) is 84.0 Å². The van der Waals surface area contributed by atoms with Gasteiger partial charge in [-0.05, 0) is 114 Å². The van der Waals surface area contributed by atoms with Crippen molar-refractivity contribution in [1.29, 1.82) is 0 Å². The Kier molecular flexibility index (Phi) is 36.0. The SMILES string of the molecule is CCCC[C@H]1C(=O)N2CCC[C@@H]2C(=O)N2CCC[C@H]2C(=O)N[C@@H](C(C)C)C(=O)N(C)[C@@H](Cc2ccccc2)C(=O)N[C@@H](Cc2ccc(O)cc2)C(=O)N(C)CC(=O)N[C@@H](Cc2c[nH]c3ccccc23)C(=O)N[C@@H](Cc2ccc(O)cc2)C(=O)N[C@@H](CC(C)C)C(=O)N[C@H](C(=O)NCC(N)=O)CSCC(=O)N[C@@H](Cc2ccccc2)C(=O)N(C)[C@@H](Cc2ccccc2)C(=O)N1C. The number of phenolic OH excluding ortho intramolecular Hbond substituents is 2. The van der Waals surface area contributed by atoms with Gasteiger partial charge in [0.05, 0.1) is 18.8 Å². The van der Waals surface area contributed by atoms with Crippen LogP contribution in [-0.2, 0) is 110 Å². The number of nitrogens with zero attached hydrogens (tertiary/aromatic N) is 6. The van der Waals surface area contributed by atoms with Crippen LogP contribution >= 0.6 is 11.8 Å². The molecule has 0 unspecified atom stereocenters. The number of nitrogens with two attached hydrogens (primary N) is 1. The number of para-hydroxylation sites is 1. The molecule has 12 atom stereocenters. The van der Waals surface area contributed by atoms with Gasteiger partial charge in [0.15, 0.2) is 0 Å². The highest BCUT2D eigenvalue weighted by molar-refractivity contribution is 8.00. The monoisotopic (exact) mass is 1800 g/mol. The molecule has 3 aliphatic heterocycles. The molecule has 13 N–H and O–H groups in total. The molecule has 0 saturated carbocycles. The van der Waals surface area contributed by atoms with Crippen LogP contribution in [0.1, 0.15) is 119 Å². The van der Waals surface area contributed by atoms with E-state index in [0.29, 0.717) is 70.0 Å². The number of fused-ring (bicyclic) bond motifs is 3. The standard InChI is InChI=1S/C96H122N16O17S/c1-10-11-33-77-94(127)112-45-24-35-78(112)95(128)111-44-23-34-76(111)89(122)106-84(59(4)5)96(129)109(8)79(50-61-27-17-13-18-28-61)90(123)104-73(49-64-38-42-67(114)43-39-64)91(124)107(6)55-82(116)100-72(52-65-53-98-69-32-22-21-31-68(65)69)88(121)103-71(47-63-36-40-66(113)41-37-63)87(120)102-70(46-58(2)3)86(119)105-75(85(118)99-54-81(97)115)56-130-57-83(117)101-74(48-60-25-15-12-16-26-60)92(125)110(9)80(93(126)108(77)7)51-62-29-19-14-20-30-62/h12-22,25-32,36-43,53,58-59,70-80,84,98,113-114H,10-11,23-24,33-35,44-52,54-57H2,1-9H3,(H2,97,115)(H,99,118)(H,100,116)(H,101,117)(H,102,120)(H,103,121)(H,104,123)(H,105,119)(H,106,122)/t70-,71-,72-,73-,74-,75-,76-,77-,78+,79-,80-,84-/m0/s1. The molecule has 3 aliphatic rings. The van der Waals surface area contributed by atoms with Gasteiger partial charge in [-0.2, -0.15) is 0 Å². The summed E-state index contributed by atoms with van der Waals surface area (Å²) in [6.45, 7) is 7.70. The van der Waals surface area contributed by atoms with Crippen LogP contribution in [-0.4, -0.2) is 272 Å². The number of benzene rings is 6. The van der Waals surface area contributed by atoms with Gasteiger partial charge < -0.3 is 92.9 Å². The molecule has 10 rings (SSSR count). The molecule has 0 spiro atoms. The van der Waals surface area contributed by atoms with E-state index in [4.69, 9.17) is 5.73 Å². The van der Waals surface area contributed by atoms with Crippen molar-refractivity contribution in [2.24, 2.45) is 17.6 Å². The molecule has 33 nitrogen and oxygen atoms in total. The zero-order valence-corrected chi connectivity index (χ0v) is 75.9. The highest BCUT2D eigenvalue weighted by Gasteiger charge is 2.48. The first kappa shape index (κ1) is 99.0. The maximum absolute atomic E-state index is 15.8. The number of hydrogen-bond donors (Lipinski definition) is 12. The van der Waals surface area contributed by atoms with Crippen molar-refractivity contribution in [2.45, 2.75) is 197 Å². The van der Waals surface area contributed by atoms with Crippen LogP contribution in [0.4, 0.5) is 0 Å². The molecule has 1 aromatic heterocycles. The van der Waals surface area contributed by atoms with Gasteiger partial charge in [0.2, 0.25) is 88.6 Å². The third-order valence-electron chi connectivity index (χ3n) is 23.9. The van der Waals surface area contributed by atoms with Crippen molar-refractivity contribution in [3.63, 3.8) is 0 Å². The topological polar surface area (TPSA) is 454 Å². The van der Waals surface area contributed by atoms with Gasteiger partial charge in [0, 0.05) is 103 Å². The van der Waals surface area contributed by atoms with Crippen molar-refractivity contribution in [1.82, 2.24) is 76.9 Å². The molecule has 15 amide bonds. The number of H-pyrrole nitrogens is 1. The van der Waals surface area contributed by atoms with E-state index in [9.17, 15) is 29.4 Å². The molecule has 7 aromatic rings. The van der Waals surface area contributed by atoms with Crippen molar-refractivity contribution in [2.75, 3.05) is 65.9 Å². The molecule has 694 valence electrons. The Morgan fingerprint density at radius 3 is 1.52 bits per heavy atom. The van der Waals surface area contributed by atoms with Crippen molar-refractivity contribution in [3.8, 4) is 11.5 Å². The number of primary amides is 1. The van der Waals surface area contributed by atoms with E-state index in [2.05, 4.69) is 47.5 Å². The Hall–Kier alpha value is -13.1. The highest BCUT2D eigenvalue weighted by Crippen LogP contribution is 2.30. The van der Waals surface area contributed by atoms with E-state index in [1.807, 2.05) is 6.92 Å². The first-order valence-corrected chi connectivity index (χ1v) is 45.4. The summed E-state index contributed by atoms with van der Waals surface area (Å²) in [4.78, 5) is 236. The number of thioether (sulfide) groups is 1. The highest BCUT2D eigenvalue weighted by atomic mass is 32.2. The summed E-state index contributed by atoms with van der Waals surface area (Å²) in [5.74, 6) is -13.6. The molecule has 3 fully saturated rings. The predicted octanol–water partition coefficient (Wildman–Crippen LogP) is 3.89. The quantitative estimate of drug-likeness (QED) is 0.0485. The normalized spacial score (nSPS) is 23.4. The second-order valence-corrected chi connectivity index (χ2v) is 35.6. The van der Waals surface area contributed by atoms with Crippen LogP contribution < -0.4 is 48.3 Å². The number of phenols is 2. The van der Waals surface area contributed by atoms with Crippen molar-refractivity contribution < 1.29 is 82.1 Å². The number of unbranched alkanes of at least 4 members (excludes halogenated alkanes) is 1. The Labute approximate surface area is 761 Å². The van der Waals surface area contributed by atoms with Crippen LogP contribution in [0.15, 0.2) is 170 Å². The fourth-order valence-corrected chi connectivity index (χ4v) is 17.6. The first-order chi connectivity index (χ1) is 62.2. The minimum absolute atomic E-state index is 0.0587. The molecule has 0 aliphatic carbocycles. The molecule has 3 saturated heterocycles. The number of nitrogens with one attached hydrogen (secondary N) is 9. The lowest BCUT2D eigenvalue weighted by Crippen LogP contribution is -2.61. The van der Waals surface area contributed by atoms with Crippen molar-refractivity contribution in [3.05, 3.63) is 203 Å². The number of aromatic hydroxyl groups is 2. The Balaban J connectivity index is 1.03. The largest absolute Gasteiger partial charge is 0.508 e. The summed E-state index contributed by atoms with van der Waals surface area (Å²) in [7, 11) is 5.63. The van der Waals surface area contributed by atoms with E-state index in [-0.39, 0.29) is 100 Å². The number of likely N-dealkylation sites (N-methyl/N-ethyl adjacent to an activating group) is 4. The van der Waals surface area contributed by atoms with E-state index in [1.54, 1.807) is 149 Å². The first-order valence-electron chi connectivity index (χ1n) is 44.3. The molecule has 4 heterocycles. The fourth-order valence-electron chi connectivity index (χ4n) is 16.7. The lowest BCUT2D eigenvalue weighted by Gasteiger charge is -2.38. The van der Waals surface area contributed by atoms with Crippen LogP contribution in [0.5, 0.6) is 11.5 Å². The second kappa shape index (κ2) is 47.3. The molecular weight excluding hydrogens is 1680 g/mol. The fraction of sp³-hybridized carbons (Fsp3) is 0.448. The predicted molar refractivity (Wildman–Crippen MR) is 490 cm³/mol. The smallest absolute Gasteiger partial charge is 0.246 e. The molecular formula is C96H122N16O17S. The lowest BCUT2D eigenvalue weighted by atomic mass is 9.98. The molecule has 0 bridgehead atoms. The van der Waals surface area contributed by atoms with Gasteiger partial charge in [0.25, 0.3) is 0 Å². The summed E-state index contributed by atoms with van der Waals surface area (Å²) in [5.41, 5.74) is 9.44. The van der Waals surface area contributed by atoms with Gasteiger partial charge >= 0.3 is 0 Å². The summed E-state index contributed by atoms with van der Waals surface area (Å²) < 4.78 is 0. The Bertz CT molecular complexity index is 5120. The number of carbonyl (C=O) groups excluding carboxylic acids is 15. The van der Waals surface area contributed by atoms with Gasteiger partial charge in [-0.15, -0.1) is 11.8 Å². The molecule has 130 heavy (non-hydrogen) atoms. The van der Waals surface area contributed by atoms with E-state index >= 15 is 52.7 Å². The maximum atomic E-state index is 15.8. The lowest BCUT2D eigenvalue weighted by molar-refractivity contribution is -0.154. The van der Waals surface area contributed by atoms with Crippen LogP contribution in [0.2, 0.25) is 0 Å². The van der Waals surface area contributed by atoms with Crippen LogP contribution in [0.25, 0.3) is 10.9 Å². The Morgan fingerprint density at radius 1 is 0.469 bits per heavy atom. The number of aromatic nitrogens is 1. The van der Waals surface area contributed by atoms with Gasteiger partial charge in [-0.25, -0.2) is 0 Å². The minimum atomic E-state index is -1.58.